The van der Waals surface area contributed by atoms with Gasteiger partial charge in [-0.05, 0) is 31.5 Å². The molecule has 0 aliphatic carbocycles. The average Bonchev–Trinajstić information content (AvgIpc) is 2.64. The van der Waals surface area contributed by atoms with Crippen LogP contribution in [0.3, 0.4) is 0 Å². The van der Waals surface area contributed by atoms with Gasteiger partial charge in [-0.15, -0.1) is 0 Å². The Balaban J connectivity index is 2.33. The van der Waals surface area contributed by atoms with E-state index in [0.717, 1.165) is 0 Å². The Morgan fingerprint density at radius 2 is 2.26 bits per heavy atom. The Morgan fingerprint density at radius 3 is 3.00 bits per heavy atom. The first-order chi connectivity index (χ1) is 9.04. The zero-order chi connectivity index (χ0) is 13.9. The second kappa shape index (κ2) is 5.70. The lowest BCUT2D eigenvalue weighted by molar-refractivity contribution is 0.0752. The number of hydrogen-bond donors (Lipinski definition) is 0. The quantitative estimate of drug-likeness (QED) is 0.820. The van der Waals surface area contributed by atoms with Crippen LogP contribution in [0.4, 0.5) is 0 Å². The van der Waals surface area contributed by atoms with Crippen LogP contribution in [-0.2, 0) is 14.8 Å². The molecule has 5 nitrogen and oxygen atoms in total. The van der Waals surface area contributed by atoms with Gasteiger partial charge in [-0.1, -0.05) is 6.07 Å². The Labute approximate surface area is 113 Å². The van der Waals surface area contributed by atoms with Crippen molar-refractivity contribution < 1.29 is 13.2 Å². The van der Waals surface area contributed by atoms with Crippen LogP contribution < -0.4 is 0 Å². The van der Waals surface area contributed by atoms with Crippen molar-refractivity contribution in [3.05, 3.63) is 29.8 Å². The summed E-state index contributed by atoms with van der Waals surface area (Å²) in [5.74, 6) is 0. The van der Waals surface area contributed by atoms with Crippen LogP contribution in [-0.4, -0.2) is 38.5 Å². The minimum atomic E-state index is -3.55. The summed E-state index contributed by atoms with van der Waals surface area (Å²) in [6, 6.07) is 8.06. The van der Waals surface area contributed by atoms with Crippen LogP contribution in [0, 0.1) is 11.3 Å². The van der Waals surface area contributed by atoms with Gasteiger partial charge in [0.25, 0.3) is 0 Å². The number of rotatable bonds is 2. The molecule has 102 valence electrons. The number of sulfonamides is 1. The third-order valence-corrected chi connectivity index (χ3v) is 4.88. The van der Waals surface area contributed by atoms with Gasteiger partial charge < -0.3 is 4.74 Å². The van der Waals surface area contributed by atoms with Crippen LogP contribution in [0.25, 0.3) is 0 Å². The first-order valence-electron chi connectivity index (χ1n) is 6.16. The SMILES string of the molecule is CC1CN(S(=O)(=O)c2cccc(C#N)c2)CCCO1. The van der Waals surface area contributed by atoms with Crippen LogP contribution in [0.1, 0.15) is 18.9 Å². The summed E-state index contributed by atoms with van der Waals surface area (Å²) in [6.07, 6.45) is 0.568. The molecule has 1 aliphatic rings. The maximum Gasteiger partial charge on any atom is 0.243 e. The Bertz CT molecular complexity index is 592. The maximum atomic E-state index is 12.5. The average molecular weight is 280 g/mol. The van der Waals surface area contributed by atoms with Gasteiger partial charge in [0.05, 0.1) is 22.6 Å². The Kier molecular flexibility index (Phi) is 4.20. The molecule has 0 spiro atoms. The van der Waals surface area contributed by atoms with Crippen LogP contribution >= 0.6 is 0 Å². The fraction of sp³-hybridized carbons (Fsp3) is 0.462. The molecule has 6 heteroatoms. The molecule has 1 heterocycles. The maximum absolute atomic E-state index is 12.5. The van der Waals surface area contributed by atoms with Gasteiger partial charge in [-0.25, -0.2) is 8.42 Å². The van der Waals surface area contributed by atoms with Gasteiger partial charge in [0.1, 0.15) is 0 Å². The first kappa shape index (κ1) is 14.0. The van der Waals surface area contributed by atoms with Crippen molar-refractivity contribution in [1.82, 2.24) is 4.31 Å². The lowest BCUT2D eigenvalue weighted by Gasteiger charge is -2.21. The molecule has 0 radical (unpaired) electrons. The third kappa shape index (κ3) is 3.13. The van der Waals surface area contributed by atoms with Gasteiger partial charge in [-0.3, -0.25) is 0 Å². The number of hydrogen-bond acceptors (Lipinski definition) is 4. The first-order valence-corrected chi connectivity index (χ1v) is 7.60. The fourth-order valence-corrected chi connectivity index (χ4v) is 3.65. The predicted molar refractivity (Wildman–Crippen MR) is 69.9 cm³/mol. The van der Waals surface area contributed by atoms with Gasteiger partial charge in [0, 0.05) is 19.7 Å². The van der Waals surface area contributed by atoms with E-state index in [-0.39, 0.29) is 11.0 Å². The van der Waals surface area contributed by atoms with Crippen molar-refractivity contribution >= 4 is 10.0 Å². The smallest absolute Gasteiger partial charge is 0.243 e. The van der Waals surface area contributed by atoms with Crippen LogP contribution in [0.2, 0.25) is 0 Å². The molecule has 1 aromatic rings. The molecule has 1 aliphatic heterocycles. The summed E-state index contributed by atoms with van der Waals surface area (Å²) in [5.41, 5.74) is 0.347. The molecule has 0 N–H and O–H groups in total. The van der Waals surface area contributed by atoms with E-state index in [1.165, 1.54) is 16.4 Å². The largest absolute Gasteiger partial charge is 0.377 e. The highest BCUT2D eigenvalue weighted by atomic mass is 32.2. The normalized spacial score (nSPS) is 21.6. The Hall–Kier alpha value is -1.42. The van der Waals surface area contributed by atoms with Crippen LogP contribution in [0.15, 0.2) is 29.2 Å². The standard InChI is InChI=1S/C13H16N2O3S/c1-11-10-15(6-3-7-18-11)19(16,17)13-5-2-4-12(8-13)9-14/h2,4-5,8,11H,3,6-7,10H2,1H3. The van der Waals surface area contributed by atoms with Gasteiger partial charge in [0.15, 0.2) is 0 Å². The lowest BCUT2D eigenvalue weighted by atomic mass is 10.2. The molecule has 1 atom stereocenters. The molecule has 1 fully saturated rings. The van der Waals surface area contributed by atoms with E-state index in [1.54, 1.807) is 12.1 Å². The van der Waals surface area contributed by atoms with E-state index in [2.05, 4.69) is 0 Å². The van der Waals surface area contributed by atoms with E-state index in [9.17, 15) is 8.42 Å². The van der Waals surface area contributed by atoms with Gasteiger partial charge in [-0.2, -0.15) is 9.57 Å². The van der Waals surface area contributed by atoms with E-state index >= 15 is 0 Å². The summed E-state index contributed by atoms with van der Waals surface area (Å²) in [5, 5.41) is 8.85. The molecule has 1 unspecified atom stereocenters. The van der Waals surface area contributed by atoms with Crippen LogP contribution in [0.5, 0.6) is 0 Å². The summed E-state index contributed by atoms with van der Waals surface area (Å²) in [4.78, 5) is 0.167. The minimum absolute atomic E-state index is 0.114. The minimum Gasteiger partial charge on any atom is -0.377 e. The molecule has 0 bridgehead atoms. The molecule has 1 aromatic carbocycles. The third-order valence-electron chi connectivity index (χ3n) is 3.02. The summed E-state index contributed by atoms with van der Waals surface area (Å²) in [7, 11) is -3.55. The van der Waals surface area contributed by atoms with Gasteiger partial charge in [0.2, 0.25) is 10.0 Å². The molecule has 0 amide bonds. The molecule has 0 aromatic heterocycles. The van der Waals surface area contributed by atoms with Crippen molar-refractivity contribution in [2.75, 3.05) is 19.7 Å². The molecule has 19 heavy (non-hydrogen) atoms. The molecular weight excluding hydrogens is 264 g/mol. The zero-order valence-corrected chi connectivity index (χ0v) is 11.6. The van der Waals surface area contributed by atoms with Crippen molar-refractivity contribution in [3.63, 3.8) is 0 Å². The summed E-state index contributed by atoms with van der Waals surface area (Å²) >= 11 is 0. The van der Waals surface area contributed by atoms with Crippen molar-refractivity contribution in [3.8, 4) is 6.07 Å². The second-order valence-electron chi connectivity index (χ2n) is 4.54. The summed E-state index contributed by atoms with van der Waals surface area (Å²) in [6.45, 7) is 3.23. The second-order valence-corrected chi connectivity index (χ2v) is 6.48. The topological polar surface area (TPSA) is 70.4 Å². The highest BCUT2D eigenvalue weighted by Gasteiger charge is 2.27. The summed E-state index contributed by atoms with van der Waals surface area (Å²) < 4.78 is 31.9. The highest BCUT2D eigenvalue weighted by molar-refractivity contribution is 7.89. The predicted octanol–water partition coefficient (Wildman–Crippen LogP) is 1.36. The van der Waals surface area contributed by atoms with Crippen molar-refractivity contribution in [2.24, 2.45) is 0 Å². The Morgan fingerprint density at radius 1 is 1.47 bits per heavy atom. The molecular formula is C13H16N2O3S. The van der Waals surface area contributed by atoms with E-state index in [4.69, 9.17) is 10.00 Å². The number of ether oxygens (including phenoxy) is 1. The molecule has 0 saturated carbocycles. The van der Waals surface area contributed by atoms with E-state index < -0.39 is 10.0 Å². The van der Waals surface area contributed by atoms with Crippen molar-refractivity contribution in [1.29, 1.82) is 5.26 Å². The van der Waals surface area contributed by atoms with E-state index in [0.29, 0.717) is 31.7 Å². The molecule has 1 saturated heterocycles. The van der Waals surface area contributed by atoms with E-state index in [1.807, 2.05) is 13.0 Å². The fourth-order valence-electron chi connectivity index (χ4n) is 2.05. The number of nitriles is 1. The number of benzene rings is 1. The number of nitrogens with zero attached hydrogens (tertiary/aromatic N) is 2. The lowest BCUT2D eigenvalue weighted by Crippen LogP contribution is -2.35. The highest BCUT2D eigenvalue weighted by Crippen LogP contribution is 2.19. The van der Waals surface area contributed by atoms with Gasteiger partial charge >= 0.3 is 0 Å². The van der Waals surface area contributed by atoms with Crippen molar-refractivity contribution in [2.45, 2.75) is 24.3 Å². The zero-order valence-electron chi connectivity index (χ0n) is 10.7. The molecule has 2 rings (SSSR count). The monoisotopic (exact) mass is 280 g/mol.